The molecule has 4 heteroatoms. The van der Waals surface area contributed by atoms with Gasteiger partial charge in [0.15, 0.2) is 0 Å². The van der Waals surface area contributed by atoms with E-state index in [1.807, 2.05) is 0 Å². The number of rotatable bonds is 3. The molecule has 0 aliphatic rings. The van der Waals surface area contributed by atoms with Gasteiger partial charge in [0.25, 0.3) is 0 Å². The van der Waals surface area contributed by atoms with Gasteiger partial charge >= 0.3 is 0 Å². The maximum Gasteiger partial charge on any atom is 0.124 e. The third kappa shape index (κ3) is 2.17. The van der Waals surface area contributed by atoms with Gasteiger partial charge in [-0.15, -0.1) is 6.58 Å². The maximum absolute atomic E-state index is 5.73. The number of hydrogen-bond acceptors (Lipinski definition) is 2. The summed E-state index contributed by atoms with van der Waals surface area (Å²) < 4.78 is 0.854. The number of H-pyrrole nitrogens is 1. The zero-order chi connectivity index (χ0) is 8.27. The Morgan fingerprint density at radius 1 is 1.91 bits per heavy atom. The Kier molecular flexibility index (Phi) is 2.84. The molecule has 1 aromatic rings. The van der Waals surface area contributed by atoms with E-state index in [2.05, 4.69) is 32.5 Å². The summed E-state index contributed by atoms with van der Waals surface area (Å²) >= 11 is 3.25. The highest BCUT2D eigenvalue weighted by Crippen LogP contribution is 2.12. The summed E-state index contributed by atoms with van der Waals surface area (Å²) in [5.74, 6) is 0.789. The van der Waals surface area contributed by atoms with Gasteiger partial charge < -0.3 is 10.7 Å². The van der Waals surface area contributed by atoms with Gasteiger partial charge in [0, 0.05) is 0 Å². The van der Waals surface area contributed by atoms with Crippen LogP contribution in [0, 0.1) is 0 Å². The zero-order valence-electron chi connectivity index (χ0n) is 6.05. The Balaban J connectivity index is 2.67. The van der Waals surface area contributed by atoms with Crippen molar-refractivity contribution in [3.63, 3.8) is 0 Å². The lowest BCUT2D eigenvalue weighted by Gasteiger charge is -2.03. The molecule has 0 saturated carbocycles. The second-order valence-corrected chi connectivity index (χ2v) is 3.10. The van der Waals surface area contributed by atoms with Crippen molar-refractivity contribution in [3.8, 4) is 0 Å². The molecule has 3 nitrogen and oxygen atoms in total. The van der Waals surface area contributed by atoms with Crippen molar-refractivity contribution in [1.82, 2.24) is 9.97 Å². The van der Waals surface area contributed by atoms with Crippen LogP contribution in [0.1, 0.15) is 18.3 Å². The molecule has 1 atom stereocenters. The van der Waals surface area contributed by atoms with Gasteiger partial charge in [-0.05, 0) is 22.4 Å². The number of nitrogens with two attached hydrogens (primary N) is 1. The predicted octanol–water partition coefficient (Wildman–Crippen LogP) is 1.75. The van der Waals surface area contributed by atoms with E-state index in [-0.39, 0.29) is 6.04 Å². The summed E-state index contributed by atoms with van der Waals surface area (Å²) in [6, 6.07) is -0.0706. The predicted molar refractivity (Wildman–Crippen MR) is 48.0 cm³/mol. The quantitative estimate of drug-likeness (QED) is 0.756. The summed E-state index contributed by atoms with van der Waals surface area (Å²) in [6.07, 6.45) is 4.21. The highest BCUT2D eigenvalue weighted by Gasteiger charge is 2.06. The summed E-state index contributed by atoms with van der Waals surface area (Å²) in [4.78, 5) is 7.05. The molecule has 0 saturated heterocycles. The lowest BCUT2D eigenvalue weighted by atomic mass is 10.2. The number of nitrogens with one attached hydrogen (secondary N) is 1. The maximum atomic E-state index is 5.73. The van der Waals surface area contributed by atoms with E-state index in [4.69, 9.17) is 5.73 Å². The fraction of sp³-hybridized carbons (Fsp3) is 0.286. The smallest absolute Gasteiger partial charge is 0.124 e. The average molecular weight is 216 g/mol. The number of aromatic amines is 1. The van der Waals surface area contributed by atoms with Gasteiger partial charge in [-0.1, -0.05) is 6.08 Å². The SMILES string of the molecule is C=CC[C@H](N)c1ncc(Br)[nH]1. The van der Waals surface area contributed by atoms with Gasteiger partial charge in [-0.25, -0.2) is 4.98 Å². The van der Waals surface area contributed by atoms with Crippen LogP contribution in [0.3, 0.4) is 0 Å². The van der Waals surface area contributed by atoms with Crippen molar-refractivity contribution >= 4 is 15.9 Å². The first kappa shape index (κ1) is 8.49. The van der Waals surface area contributed by atoms with Crippen LogP contribution in [0.25, 0.3) is 0 Å². The van der Waals surface area contributed by atoms with Crippen molar-refractivity contribution in [2.24, 2.45) is 5.73 Å². The largest absolute Gasteiger partial charge is 0.335 e. The summed E-state index contributed by atoms with van der Waals surface area (Å²) in [6.45, 7) is 3.60. The molecule has 0 radical (unpaired) electrons. The van der Waals surface area contributed by atoms with Crippen LogP contribution in [0.5, 0.6) is 0 Å². The number of aromatic nitrogens is 2. The summed E-state index contributed by atoms with van der Waals surface area (Å²) in [7, 11) is 0. The first-order valence-corrected chi connectivity index (χ1v) is 4.10. The van der Waals surface area contributed by atoms with Crippen LogP contribution in [0.2, 0.25) is 0 Å². The molecule has 11 heavy (non-hydrogen) atoms. The Bertz CT molecular complexity index is 244. The van der Waals surface area contributed by atoms with E-state index >= 15 is 0 Å². The van der Waals surface area contributed by atoms with Crippen LogP contribution in [0.15, 0.2) is 23.5 Å². The second kappa shape index (κ2) is 3.69. The van der Waals surface area contributed by atoms with Crippen LogP contribution in [-0.2, 0) is 0 Å². The minimum absolute atomic E-state index is 0.0706. The lowest BCUT2D eigenvalue weighted by Crippen LogP contribution is -2.10. The molecule has 0 spiro atoms. The fourth-order valence-corrected chi connectivity index (χ4v) is 1.10. The molecule has 0 aromatic carbocycles. The highest BCUT2D eigenvalue weighted by molar-refractivity contribution is 9.10. The fourth-order valence-electron chi connectivity index (χ4n) is 0.793. The van der Waals surface area contributed by atoms with Gasteiger partial charge in [-0.3, -0.25) is 0 Å². The first-order valence-electron chi connectivity index (χ1n) is 3.31. The van der Waals surface area contributed by atoms with E-state index in [1.54, 1.807) is 12.3 Å². The van der Waals surface area contributed by atoms with E-state index in [0.29, 0.717) is 0 Å². The van der Waals surface area contributed by atoms with Crippen molar-refractivity contribution in [1.29, 1.82) is 0 Å². The standard InChI is InChI=1S/C7H10BrN3/c1-2-3-5(9)7-10-4-6(8)11-7/h2,4-5H,1,3,9H2,(H,10,11)/t5-/m0/s1. The Morgan fingerprint density at radius 2 is 2.64 bits per heavy atom. The molecule has 60 valence electrons. The average Bonchev–Trinajstić information content (AvgIpc) is 2.36. The second-order valence-electron chi connectivity index (χ2n) is 2.25. The minimum atomic E-state index is -0.0706. The van der Waals surface area contributed by atoms with Crippen molar-refractivity contribution in [2.45, 2.75) is 12.5 Å². The molecule has 0 fully saturated rings. The van der Waals surface area contributed by atoms with Gasteiger partial charge in [0.05, 0.1) is 12.2 Å². The van der Waals surface area contributed by atoms with E-state index in [0.717, 1.165) is 16.8 Å². The molecule has 0 aliphatic heterocycles. The van der Waals surface area contributed by atoms with Crippen LogP contribution in [-0.4, -0.2) is 9.97 Å². The van der Waals surface area contributed by atoms with Crippen molar-refractivity contribution < 1.29 is 0 Å². The van der Waals surface area contributed by atoms with Gasteiger partial charge in [0.2, 0.25) is 0 Å². The van der Waals surface area contributed by atoms with Crippen LogP contribution < -0.4 is 5.73 Å². The molecular weight excluding hydrogens is 206 g/mol. The Morgan fingerprint density at radius 3 is 3.09 bits per heavy atom. The topological polar surface area (TPSA) is 54.7 Å². The third-order valence-electron chi connectivity index (χ3n) is 1.34. The normalized spacial score (nSPS) is 12.9. The first-order chi connectivity index (χ1) is 5.24. The van der Waals surface area contributed by atoms with Crippen molar-refractivity contribution in [2.75, 3.05) is 0 Å². The molecule has 3 N–H and O–H groups in total. The van der Waals surface area contributed by atoms with Gasteiger partial charge in [-0.2, -0.15) is 0 Å². The minimum Gasteiger partial charge on any atom is -0.335 e. The summed E-state index contributed by atoms with van der Waals surface area (Å²) in [5.41, 5.74) is 5.73. The van der Waals surface area contributed by atoms with E-state index in [9.17, 15) is 0 Å². The Hall–Kier alpha value is -0.610. The molecule has 1 rings (SSSR count). The Labute approximate surface area is 73.8 Å². The lowest BCUT2D eigenvalue weighted by molar-refractivity contribution is 0.693. The number of hydrogen-bond donors (Lipinski definition) is 2. The third-order valence-corrected chi connectivity index (χ3v) is 1.74. The summed E-state index contributed by atoms with van der Waals surface area (Å²) in [5, 5.41) is 0. The molecule has 0 amide bonds. The zero-order valence-corrected chi connectivity index (χ0v) is 7.63. The van der Waals surface area contributed by atoms with E-state index < -0.39 is 0 Å². The van der Waals surface area contributed by atoms with E-state index in [1.165, 1.54) is 0 Å². The molecule has 0 aliphatic carbocycles. The van der Waals surface area contributed by atoms with Crippen LogP contribution in [0.4, 0.5) is 0 Å². The van der Waals surface area contributed by atoms with Gasteiger partial charge in [0.1, 0.15) is 10.4 Å². The highest BCUT2D eigenvalue weighted by atomic mass is 79.9. The monoisotopic (exact) mass is 215 g/mol. The number of halogens is 1. The van der Waals surface area contributed by atoms with Crippen molar-refractivity contribution in [3.05, 3.63) is 29.3 Å². The molecular formula is C7H10BrN3. The number of nitrogens with zero attached hydrogens (tertiary/aromatic N) is 1. The molecule has 1 heterocycles. The molecule has 0 bridgehead atoms. The number of imidazole rings is 1. The molecule has 0 unspecified atom stereocenters. The molecule has 1 aromatic heterocycles. The van der Waals surface area contributed by atoms with Crippen LogP contribution >= 0.6 is 15.9 Å².